The number of rotatable bonds is 5. The molecule has 5 nitrogen and oxygen atoms in total. The van der Waals surface area contributed by atoms with Crippen molar-refractivity contribution in [2.75, 3.05) is 20.2 Å². The van der Waals surface area contributed by atoms with Gasteiger partial charge in [0.25, 0.3) is 0 Å². The number of hydrogen-bond donors (Lipinski definition) is 1. The Morgan fingerprint density at radius 3 is 2.62 bits per heavy atom. The van der Waals surface area contributed by atoms with Crippen LogP contribution in [0.25, 0.3) is 11.3 Å². The molecule has 1 atom stereocenters. The van der Waals surface area contributed by atoms with Crippen molar-refractivity contribution in [3.8, 4) is 11.3 Å². The lowest BCUT2D eigenvalue weighted by atomic mass is 9.78. The van der Waals surface area contributed by atoms with Crippen molar-refractivity contribution >= 4 is 5.91 Å². The topological polar surface area (TPSA) is 58.4 Å². The molecule has 0 amide bonds. The van der Waals surface area contributed by atoms with E-state index < -0.39 is 11.6 Å². The van der Waals surface area contributed by atoms with E-state index in [4.69, 9.17) is 0 Å². The number of carbonyl (C=O) groups excluding carboxylic acids is 1. The van der Waals surface area contributed by atoms with E-state index in [1.807, 2.05) is 27.8 Å². The molecule has 2 aromatic rings. The standard InChI is InChI=1S/C22H29F2N3O2/c1-22(2,3)15(13-28)6-8-20(29)27-19-9-10-26(4)12-16(19)21(25-27)14-5-7-17(23)18(24)11-14/h5,7,11,15,28H,6,8-10,12-13H2,1-4H3. The second kappa shape index (κ2) is 8.32. The number of nitrogens with zero attached hydrogens (tertiary/aromatic N) is 3. The smallest absolute Gasteiger partial charge is 0.247 e. The number of benzene rings is 1. The number of likely N-dealkylation sites (N-methyl/N-ethyl adjacent to an activating group) is 1. The maximum absolute atomic E-state index is 13.8. The van der Waals surface area contributed by atoms with Crippen LogP contribution in [-0.2, 0) is 13.0 Å². The number of carbonyl (C=O) groups is 1. The van der Waals surface area contributed by atoms with Crippen LogP contribution in [0.15, 0.2) is 18.2 Å². The first-order valence-corrected chi connectivity index (χ1v) is 10.0. The monoisotopic (exact) mass is 405 g/mol. The summed E-state index contributed by atoms with van der Waals surface area (Å²) in [6.45, 7) is 7.56. The van der Waals surface area contributed by atoms with E-state index in [2.05, 4.69) is 10.00 Å². The molecule has 0 aliphatic carbocycles. The molecule has 1 aromatic heterocycles. The van der Waals surface area contributed by atoms with Crippen LogP contribution in [0.1, 0.15) is 49.7 Å². The molecular weight excluding hydrogens is 376 g/mol. The molecule has 29 heavy (non-hydrogen) atoms. The van der Waals surface area contributed by atoms with Crippen molar-refractivity contribution in [2.24, 2.45) is 11.3 Å². The van der Waals surface area contributed by atoms with Gasteiger partial charge in [0.2, 0.25) is 5.91 Å². The first kappa shape index (κ1) is 21.6. The molecule has 1 aliphatic heterocycles. The summed E-state index contributed by atoms with van der Waals surface area (Å²) in [6, 6.07) is 3.70. The SMILES string of the molecule is CN1CCc2c(c(-c3ccc(F)c(F)c3)nn2C(=O)CCC(CO)C(C)(C)C)C1. The van der Waals surface area contributed by atoms with Crippen molar-refractivity contribution in [2.45, 2.75) is 46.6 Å². The fraction of sp³-hybridized carbons (Fsp3) is 0.545. The zero-order valence-electron chi connectivity index (χ0n) is 17.5. The summed E-state index contributed by atoms with van der Waals surface area (Å²) in [6.07, 6.45) is 1.49. The summed E-state index contributed by atoms with van der Waals surface area (Å²) in [5.41, 5.74) is 2.60. The zero-order chi connectivity index (χ0) is 21.3. The Kier molecular flexibility index (Phi) is 6.19. The molecule has 0 bridgehead atoms. The Bertz CT molecular complexity index is 902. The Balaban J connectivity index is 1.93. The van der Waals surface area contributed by atoms with Crippen molar-refractivity contribution in [3.05, 3.63) is 41.1 Å². The fourth-order valence-corrected chi connectivity index (χ4v) is 3.84. The van der Waals surface area contributed by atoms with Crippen LogP contribution in [0.2, 0.25) is 0 Å². The maximum Gasteiger partial charge on any atom is 0.247 e. The molecule has 0 spiro atoms. The van der Waals surface area contributed by atoms with Gasteiger partial charge >= 0.3 is 0 Å². The summed E-state index contributed by atoms with van der Waals surface area (Å²) in [7, 11) is 1.98. The van der Waals surface area contributed by atoms with Gasteiger partial charge in [-0.2, -0.15) is 5.10 Å². The Labute approximate surface area is 170 Å². The summed E-state index contributed by atoms with van der Waals surface area (Å²) in [5.74, 6) is -1.97. The highest BCUT2D eigenvalue weighted by molar-refractivity contribution is 5.81. The predicted octanol–water partition coefficient (Wildman–Crippen LogP) is 3.89. The van der Waals surface area contributed by atoms with Crippen molar-refractivity contribution in [1.82, 2.24) is 14.7 Å². The molecular formula is C22H29F2N3O2. The molecule has 3 rings (SSSR count). The number of aromatic nitrogens is 2. The van der Waals surface area contributed by atoms with Crippen molar-refractivity contribution in [3.63, 3.8) is 0 Å². The van der Waals surface area contributed by atoms with Crippen LogP contribution in [0.3, 0.4) is 0 Å². The van der Waals surface area contributed by atoms with Crippen molar-refractivity contribution in [1.29, 1.82) is 0 Å². The largest absolute Gasteiger partial charge is 0.396 e. The number of aliphatic hydroxyl groups excluding tert-OH is 1. The van der Waals surface area contributed by atoms with Gasteiger partial charge in [-0.05, 0) is 43.0 Å². The van der Waals surface area contributed by atoms with Crippen LogP contribution in [0, 0.1) is 23.0 Å². The highest BCUT2D eigenvalue weighted by Crippen LogP contribution is 2.32. The summed E-state index contributed by atoms with van der Waals surface area (Å²) < 4.78 is 28.6. The fourth-order valence-electron chi connectivity index (χ4n) is 3.84. The van der Waals surface area contributed by atoms with Gasteiger partial charge in [0.1, 0.15) is 0 Å². The first-order chi connectivity index (χ1) is 13.6. The molecule has 1 N–H and O–H groups in total. The number of aliphatic hydroxyl groups is 1. The van der Waals surface area contributed by atoms with Gasteiger partial charge in [0.05, 0.1) is 11.4 Å². The third kappa shape index (κ3) is 4.56. The molecule has 7 heteroatoms. The van der Waals surface area contributed by atoms with Gasteiger partial charge in [0, 0.05) is 43.7 Å². The Morgan fingerprint density at radius 1 is 1.28 bits per heavy atom. The van der Waals surface area contributed by atoms with Gasteiger partial charge in [0.15, 0.2) is 11.6 Å². The van der Waals surface area contributed by atoms with Crippen LogP contribution in [0.5, 0.6) is 0 Å². The van der Waals surface area contributed by atoms with E-state index in [1.165, 1.54) is 10.7 Å². The molecule has 1 aromatic carbocycles. The molecule has 0 saturated carbocycles. The molecule has 158 valence electrons. The average molecular weight is 405 g/mol. The van der Waals surface area contributed by atoms with Gasteiger partial charge in [-0.25, -0.2) is 13.5 Å². The minimum absolute atomic E-state index is 0.00892. The lowest BCUT2D eigenvalue weighted by Gasteiger charge is -2.29. The van der Waals surface area contributed by atoms with E-state index in [1.54, 1.807) is 0 Å². The normalized spacial score (nSPS) is 16.0. The Hall–Kier alpha value is -2.12. The van der Waals surface area contributed by atoms with Gasteiger partial charge < -0.3 is 10.0 Å². The lowest BCUT2D eigenvalue weighted by Crippen LogP contribution is -2.29. The van der Waals surface area contributed by atoms with E-state index in [0.29, 0.717) is 30.6 Å². The number of halogens is 2. The molecule has 0 saturated heterocycles. The van der Waals surface area contributed by atoms with Gasteiger partial charge in [-0.1, -0.05) is 20.8 Å². The molecule has 1 aliphatic rings. The van der Waals surface area contributed by atoms with E-state index in [0.717, 1.165) is 29.9 Å². The minimum atomic E-state index is -0.933. The van der Waals surface area contributed by atoms with Gasteiger partial charge in [-0.3, -0.25) is 4.79 Å². The quantitative estimate of drug-likeness (QED) is 0.820. The highest BCUT2D eigenvalue weighted by Gasteiger charge is 2.29. The molecule has 1 unspecified atom stereocenters. The van der Waals surface area contributed by atoms with Crippen LogP contribution >= 0.6 is 0 Å². The lowest BCUT2D eigenvalue weighted by molar-refractivity contribution is 0.0819. The maximum atomic E-state index is 13.8. The number of fused-ring (bicyclic) bond motifs is 1. The van der Waals surface area contributed by atoms with Crippen LogP contribution < -0.4 is 0 Å². The summed E-state index contributed by atoms with van der Waals surface area (Å²) in [5, 5.41) is 14.2. The second-order valence-electron chi connectivity index (χ2n) is 8.98. The van der Waals surface area contributed by atoms with Crippen LogP contribution in [-0.4, -0.2) is 45.9 Å². The summed E-state index contributed by atoms with van der Waals surface area (Å²) >= 11 is 0. The second-order valence-corrected chi connectivity index (χ2v) is 8.98. The van der Waals surface area contributed by atoms with Gasteiger partial charge in [-0.15, -0.1) is 0 Å². The van der Waals surface area contributed by atoms with E-state index >= 15 is 0 Å². The van der Waals surface area contributed by atoms with E-state index in [9.17, 15) is 18.7 Å². The third-order valence-electron chi connectivity index (χ3n) is 5.83. The molecule has 0 radical (unpaired) electrons. The molecule has 2 heterocycles. The van der Waals surface area contributed by atoms with Crippen molar-refractivity contribution < 1.29 is 18.7 Å². The Morgan fingerprint density at radius 2 is 2.00 bits per heavy atom. The third-order valence-corrected chi connectivity index (χ3v) is 5.83. The summed E-state index contributed by atoms with van der Waals surface area (Å²) in [4.78, 5) is 15.1. The zero-order valence-corrected chi connectivity index (χ0v) is 17.5. The highest BCUT2D eigenvalue weighted by atomic mass is 19.2. The average Bonchev–Trinajstić information content (AvgIpc) is 3.02. The van der Waals surface area contributed by atoms with Crippen LogP contribution in [0.4, 0.5) is 8.78 Å². The predicted molar refractivity (Wildman–Crippen MR) is 108 cm³/mol. The number of hydrogen-bond acceptors (Lipinski definition) is 4. The minimum Gasteiger partial charge on any atom is -0.396 e. The van der Waals surface area contributed by atoms with E-state index in [-0.39, 0.29) is 30.3 Å². The molecule has 0 fully saturated rings. The first-order valence-electron chi connectivity index (χ1n) is 10.0.